The zero-order valence-corrected chi connectivity index (χ0v) is 17.1. The second kappa shape index (κ2) is 9.47. The van der Waals surface area contributed by atoms with Gasteiger partial charge in [0.2, 0.25) is 5.88 Å². The van der Waals surface area contributed by atoms with Crippen LogP contribution in [0.25, 0.3) is 11.4 Å². The second-order valence-electron chi connectivity index (χ2n) is 7.48. The van der Waals surface area contributed by atoms with Gasteiger partial charge < -0.3 is 4.74 Å². The molecular formula is C24H25N5O. The Morgan fingerprint density at radius 3 is 2.63 bits per heavy atom. The molecule has 2 aromatic heterocycles. The molecule has 0 aliphatic carbocycles. The number of nitrogens with zero attached hydrogens (tertiary/aromatic N) is 5. The lowest BCUT2D eigenvalue weighted by atomic mass is 9.82. The number of hydrogen-bond donors (Lipinski definition) is 0. The summed E-state index contributed by atoms with van der Waals surface area (Å²) < 4.78 is 5.59. The molecule has 1 aromatic carbocycles. The van der Waals surface area contributed by atoms with Crippen molar-refractivity contribution in [2.45, 2.75) is 25.8 Å². The van der Waals surface area contributed by atoms with E-state index >= 15 is 0 Å². The summed E-state index contributed by atoms with van der Waals surface area (Å²) in [5, 5.41) is 9.79. The van der Waals surface area contributed by atoms with Crippen LogP contribution in [0.4, 0.5) is 0 Å². The lowest BCUT2D eigenvalue weighted by Crippen LogP contribution is -2.38. The first kappa shape index (κ1) is 20.0. The van der Waals surface area contributed by atoms with Gasteiger partial charge in [0.25, 0.3) is 0 Å². The highest BCUT2D eigenvalue weighted by atomic mass is 16.5. The molecule has 152 valence electrons. The number of pyridine rings is 1. The Kier molecular flexibility index (Phi) is 6.31. The molecule has 3 heterocycles. The molecule has 1 aliphatic heterocycles. The average molecular weight is 399 g/mol. The van der Waals surface area contributed by atoms with Crippen LogP contribution in [-0.4, -0.2) is 39.5 Å². The quantitative estimate of drug-likeness (QED) is 0.622. The Morgan fingerprint density at radius 1 is 1.10 bits per heavy atom. The molecule has 3 aromatic rings. The first-order valence-electron chi connectivity index (χ1n) is 10.3. The number of piperidine rings is 1. The number of likely N-dealkylation sites (tertiary alicyclic amines) is 1. The van der Waals surface area contributed by atoms with E-state index in [1.165, 1.54) is 5.56 Å². The second-order valence-corrected chi connectivity index (χ2v) is 7.48. The highest BCUT2D eigenvalue weighted by Crippen LogP contribution is 2.33. The van der Waals surface area contributed by atoms with Crippen LogP contribution in [0.5, 0.6) is 5.88 Å². The molecule has 1 aliphatic rings. The summed E-state index contributed by atoms with van der Waals surface area (Å²) in [5.74, 6) is 1.20. The van der Waals surface area contributed by atoms with Gasteiger partial charge in [0.15, 0.2) is 5.82 Å². The summed E-state index contributed by atoms with van der Waals surface area (Å²) in [7, 11) is 0. The van der Waals surface area contributed by atoms with Crippen LogP contribution in [0, 0.1) is 17.2 Å². The predicted molar refractivity (Wildman–Crippen MR) is 115 cm³/mol. The van der Waals surface area contributed by atoms with Gasteiger partial charge in [0, 0.05) is 37.6 Å². The van der Waals surface area contributed by atoms with Crippen LogP contribution in [-0.2, 0) is 6.54 Å². The Balaban J connectivity index is 1.47. The fraction of sp³-hybridized carbons (Fsp3) is 0.333. The van der Waals surface area contributed by atoms with Crippen molar-refractivity contribution in [2.75, 3.05) is 19.7 Å². The third-order valence-corrected chi connectivity index (χ3v) is 5.50. The molecule has 1 saturated heterocycles. The number of aromatic nitrogens is 3. The average Bonchev–Trinajstić information content (AvgIpc) is 2.80. The minimum Gasteiger partial charge on any atom is -0.477 e. The van der Waals surface area contributed by atoms with Crippen molar-refractivity contribution in [1.82, 2.24) is 19.9 Å². The van der Waals surface area contributed by atoms with Gasteiger partial charge in [0.05, 0.1) is 24.2 Å². The summed E-state index contributed by atoms with van der Waals surface area (Å²) in [5.41, 5.74) is 3.08. The first-order valence-corrected chi connectivity index (χ1v) is 10.3. The summed E-state index contributed by atoms with van der Waals surface area (Å²) in [6.07, 6.45) is 6.33. The number of nitriles is 1. The maximum Gasteiger partial charge on any atom is 0.224 e. The molecule has 1 fully saturated rings. The SMILES string of the molecule is CCOc1ncccc1-c1ncc(C2CCN(Cc3ccccc3)CC2C#N)cn1. The monoisotopic (exact) mass is 399 g/mol. The molecule has 6 nitrogen and oxygen atoms in total. The van der Waals surface area contributed by atoms with Gasteiger partial charge in [0.1, 0.15) is 0 Å². The Hall–Kier alpha value is -3.30. The highest BCUT2D eigenvalue weighted by Gasteiger charge is 2.31. The smallest absolute Gasteiger partial charge is 0.224 e. The number of rotatable bonds is 6. The molecule has 0 spiro atoms. The molecule has 4 rings (SSSR count). The van der Waals surface area contributed by atoms with Gasteiger partial charge in [-0.15, -0.1) is 0 Å². The van der Waals surface area contributed by atoms with E-state index in [1.54, 1.807) is 6.20 Å². The zero-order valence-electron chi connectivity index (χ0n) is 17.1. The van der Waals surface area contributed by atoms with Crippen molar-refractivity contribution in [3.05, 3.63) is 72.2 Å². The minimum absolute atomic E-state index is 0.0747. The van der Waals surface area contributed by atoms with Crippen molar-refractivity contribution >= 4 is 0 Å². The van der Waals surface area contributed by atoms with Crippen molar-refractivity contribution in [3.63, 3.8) is 0 Å². The van der Waals surface area contributed by atoms with Crippen molar-refractivity contribution in [1.29, 1.82) is 5.26 Å². The van der Waals surface area contributed by atoms with E-state index in [0.29, 0.717) is 18.3 Å². The van der Waals surface area contributed by atoms with E-state index in [-0.39, 0.29) is 11.8 Å². The van der Waals surface area contributed by atoms with Crippen LogP contribution < -0.4 is 4.74 Å². The highest BCUT2D eigenvalue weighted by molar-refractivity contribution is 5.61. The molecule has 6 heteroatoms. The van der Waals surface area contributed by atoms with Gasteiger partial charge in [-0.25, -0.2) is 15.0 Å². The van der Waals surface area contributed by atoms with Gasteiger partial charge in [-0.2, -0.15) is 5.26 Å². The van der Waals surface area contributed by atoms with Crippen LogP contribution in [0.1, 0.15) is 30.4 Å². The van der Waals surface area contributed by atoms with E-state index < -0.39 is 0 Å². The van der Waals surface area contributed by atoms with Crippen molar-refractivity contribution in [2.24, 2.45) is 5.92 Å². The van der Waals surface area contributed by atoms with Crippen molar-refractivity contribution < 1.29 is 4.74 Å². The number of hydrogen-bond acceptors (Lipinski definition) is 6. The Bertz CT molecular complexity index is 1000. The van der Waals surface area contributed by atoms with Crippen LogP contribution >= 0.6 is 0 Å². The van der Waals surface area contributed by atoms with Gasteiger partial charge in [-0.1, -0.05) is 30.3 Å². The van der Waals surface area contributed by atoms with E-state index in [1.807, 2.05) is 37.5 Å². The topological polar surface area (TPSA) is 74.9 Å². The third-order valence-electron chi connectivity index (χ3n) is 5.50. The van der Waals surface area contributed by atoms with E-state index in [4.69, 9.17) is 4.74 Å². The molecule has 0 bridgehead atoms. The van der Waals surface area contributed by atoms with Gasteiger partial charge in [-0.05, 0) is 43.1 Å². The van der Waals surface area contributed by atoms with Gasteiger partial charge >= 0.3 is 0 Å². The lowest BCUT2D eigenvalue weighted by molar-refractivity contribution is 0.172. The molecule has 0 N–H and O–H groups in total. The molecule has 2 atom stereocenters. The van der Waals surface area contributed by atoms with Gasteiger partial charge in [-0.3, -0.25) is 4.90 Å². The molecule has 30 heavy (non-hydrogen) atoms. The molecule has 0 radical (unpaired) electrons. The minimum atomic E-state index is -0.0747. The standard InChI is InChI=1S/C24H25N5O/c1-2-30-24-22(9-6-11-26-24)23-27-14-20(15-28-23)21-10-12-29(17-19(21)13-25)16-18-7-4-3-5-8-18/h3-9,11,14-15,19,21H,2,10,12,16-17H2,1H3. The summed E-state index contributed by atoms with van der Waals surface area (Å²) in [4.78, 5) is 15.8. The molecule has 0 saturated carbocycles. The fourth-order valence-electron chi connectivity index (χ4n) is 4.02. The summed E-state index contributed by atoms with van der Waals surface area (Å²) >= 11 is 0. The summed E-state index contributed by atoms with van der Waals surface area (Å²) in [6.45, 7) is 5.05. The summed E-state index contributed by atoms with van der Waals surface area (Å²) in [6, 6.07) is 16.7. The third kappa shape index (κ3) is 4.47. The number of benzene rings is 1. The van der Waals surface area contributed by atoms with E-state index in [9.17, 15) is 5.26 Å². The molecular weight excluding hydrogens is 374 g/mol. The van der Waals surface area contributed by atoms with E-state index in [2.05, 4.69) is 50.2 Å². The largest absolute Gasteiger partial charge is 0.477 e. The predicted octanol–water partition coefficient (Wildman–Crippen LogP) is 4.07. The maximum absolute atomic E-state index is 9.79. The zero-order chi connectivity index (χ0) is 20.8. The first-order chi connectivity index (χ1) is 14.8. The fourth-order valence-corrected chi connectivity index (χ4v) is 4.02. The van der Waals surface area contributed by atoms with Crippen molar-refractivity contribution in [3.8, 4) is 23.3 Å². The Labute approximate surface area is 177 Å². The van der Waals surface area contributed by atoms with Crippen LogP contribution in [0.3, 0.4) is 0 Å². The molecule has 0 amide bonds. The molecule has 2 unspecified atom stereocenters. The van der Waals surface area contributed by atoms with Crippen LogP contribution in [0.2, 0.25) is 0 Å². The normalized spacial score (nSPS) is 19.2. The van der Waals surface area contributed by atoms with E-state index in [0.717, 1.165) is 37.2 Å². The maximum atomic E-state index is 9.79. The van der Waals surface area contributed by atoms with Crippen LogP contribution in [0.15, 0.2) is 61.1 Å². The number of ether oxygens (including phenoxy) is 1. The Morgan fingerprint density at radius 2 is 1.90 bits per heavy atom. The lowest BCUT2D eigenvalue weighted by Gasteiger charge is -2.35.